The monoisotopic (exact) mass is 408 g/mol. The highest BCUT2D eigenvalue weighted by molar-refractivity contribution is 6.39. The number of carbonyl (C=O) groups excluding carboxylic acids is 3. The average Bonchev–Trinajstić information content (AvgIpc) is 2.73. The first kappa shape index (κ1) is 21.1. The van der Waals surface area contributed by atoms with Crippen molar-refractivity contribution in [1.82, 2.24) is 5.32 Å². The summed E-state index contributed by atoms with van der Waals surface area (Å²) < 4.78 is 11.2. The SMILES string of the molecule is CCOc1ccc(C=C2C(=O)NC(=O)N(c3ccccc3CC)C2=O)cc1OCC. The van der Waals surface area contributed by atoms with E-state index in [4.69, 9.17) is 9.47 Å². The molecular weight excluding hydrogens is 384 g/mol. The maximum absolute atomic E-state index is 13.1. The van der Waals surface area contributed by atoms with Crippen LogP contribution < -0.4 is 19.7 Å². The Morgan fingerprint density at radius 3 is 2.33 bits per heavy atom. The van der Waals surface area contributed by atoms with Crippen LogP contribution in [0, 0.1) is 0 Å². The Morgan fingerprint density at radius 1 is 0.933 bits per heavy atom. The van der Waals surface area contributed by atoms with Crippen LogP contribution in [0.25, 0.3) is 6.08 Å². The van der Waals surface area contributed by atoms with Crippen molar-refractivity contribution in [3.8, 4) is 11.5 Å². The number of ether oxygens (including phenoxy) is 2. The fourth-order valence-corrected chi connectivity index (χ4v) is 3.23. The summed E-state index contributed by atoms with van der Waals surface area (Å²) in [5.74, 6) is -0.310. The molecule has 2 aromatic rings. The minimum absolute atomic E-state index is 0.132. The van der Waals surface area contributed by atoms with E-state index < -0.39 is 17.8 Å². The fraction of sp³-hybridized carbons (Fsp3) is 0.261. The van der Waals surface area contributed by atoms with Crippen LogP contribution in [0.5, 0.6) is 11.5 Å². The van der Waals surface area contributed by atoms with E-state index in [-0.39, 0.29) is 5.57 Å². The molecule has 4 amide bonds. The molecule has 0 saturated carbocycles. The second-order valence-corrected chi connectivity index (χ2v) is 6.51. The molecular formula is C23H24N2O5. The molecule has 0 bridgehead atoms. The van der Waals surface area contributed by atoms with Gasteiger partial charge in [-0.3, -0.25) is 14.9 Å². The van der Waals surface area contributed by atoms with Crippen LogP contribution in [0.1, 0.15) is 31.9 Å². The summed E-state index contributed by atoms with van der Waals surface area (Å²) in [5, 5.41) is 2.25. The van der Waals surface area contributed by atoms with E-state index in [1.54, 1.807) is 30.3 Å². The number of barbiturate groups is 1. The first-order valence-electron chi connectivity index (χ1n) is 9.89. The third-order valence-corrected chi connectivity index (χ3v) is 4.59. The van der Waals surface area contributed by atoms with Crippen molar-refractivity contribution in [1.29, 1.82) is 0 Å². The molecule has 1 fully saturated rings. The molecule has 30 heavy (non-hydrogen) atoms. The molecule has 7 nitrogen and oxygen atoms in total. The van der Waals surface area contributed by atoms with E-state index in [9.17, 15) is 14.4 Å². The highest BCUT2D eigenvalue weighted by Crippen LogP contribution is 2.30. The Morgan fingerprint density at radius 2 is 1.63 bits per heavy atom. The number of urea groups is 1. The Bertz CT molecular complexity index is 1010. The van der Waals surface area contributed by atoms with Crippen LogP contribution in [0.15, 0.2) is 48.0 Å². The summed E-state index contributed by atoms with van der Waals surface area (Å²) in [5.41, 5.74) is 1.74. The smallest absolute Gasteiger partial charge is 0.335 e. The molecule has 1 aliphatic heterocycles. The van der Waals surface area contributed by atoms with Crippen LogP contribution >= 0.6 is 0 Å². The largest absolute Gasteiger partial charge is 0.490 e. The van der Waals surface area contributed by atoms with Gasteiger partial charge in [0, 0.05) is 0 Å². The molecule has 1 heterocycles. The number of nitrogens with one attached hydrogen (secondary N) is 1. The van der Waals surface area contributed by atoms with Gasteiger partial charge in [-0.25, -0.2) is 9.69 Å². The zero-order valence-corrected chi connectivity index (χ0v) is 17.2. The van der Waals surface area contributed by atoms with Gasteiger partial charge < -0.3 is 9.47 Å². The molecule has 2 aromatic carbocycles. The third-order valence-electron chi connectivity index (χ3n) is 4.59. The van der Waals surface area contributed by atoms with Gasteiger partial charge >= 0.3 is 6.03 Å². The van der Waals surface area contributed by atoms with Gasteiger partial charge in [-0.15, -0.1) is 0 Å². The van der Waals surface area contributed by atoms with Gasteiger partial charge in [-0.1, -0.05) is 31.2 Å². The standard InChI is InChI=1S/C23H24N2O5/c1-4-16-9-7-8-10-18(16)25-22(27)17(21(26)24-23(25)28)13-15-11-12-19(29-5-2)20(14-15)30-6-3/h7-14H,4-6H2,1-3H3,(H,24,26,28). The van der Waals surface area contributed by atoms with Gasteiger partial charge in [0.05, 0.1) is 18.9 Å². The number of nitrogens with zero attached hydrogens (tertiary/aromatic N) is 1. The van der Waals surface area contributed by atoms with Gasteiger partial charge in [-0.2, -0.15) is 0 Å². The highest BCUT2D eigenvalue weighted by atomic mass is 16.5. The second kappa shape index (κ2) is 9.26. The van der Waals surface area contributed by atoms with E-state index in [2.05, 4.69) is 5.32 Å². The Balaban J connectivity index is 2.01. The average molecular weight is 408 g/mol. The number of rotatable bonds is 7. The van der Waals surface area contributed by atoms with Crippen molar-refractivity contribution in [2.24, 2.45) is 0 Å². The number of anilines is 1. The number of hydrogen-bond acceptors (Lipinski definition) is 5. The lowest BCUT2D eigenvalue weighted by atomic mass is 10.0. The van der Waals surface area contributed by atoms with E-state index in [1.165, 1.54) is 6.08 Å². The topological polar surface area (TPSA) is 84.9 Å². The van der Waals surface area contributed by atoms with E-state index in [0.29, 0.717) is 42.4 Å². The number of para-hydroxylation sites is 1. The molecule has 0 unspecified atom stereocenters. The second-order valence-electron chi connectivity index (χ2n) is 6.51. The molecule has 0 aromatic heterocycles. The van der Waals surface area contributed by atoms with Gasteiger partial charge in [0.2, 0.25) is 0 Å². The van der Waals surface area contributed by atoms with Crippen molar-refractivity contribution in [3.63, 3.8) is 0 Å². The number of imide groups is 2. The number of aryl methyl sites for hydroxylation is 1. The zero-order valence-electron chi connectivity index (χ0n) is 17.2. The van der Waals surface area contributed by atoms with Gasteiger partial charge in [-0.05, 0) is 55.7 Å². The minimum Gasteiger partial charge on any atom is -0.490 e. The number of amides is 4. The highest BCUT2D eigenvalue weighted by Gasteiger charge is 2.37. The molecule has 1 saturated heterocycles. The normalized spacial score (nSPS) is 15.4. The van der Waals surface area contributed by atoms with Gasteiger partial charge in [0.1, 0.15) is 5.57 Å². The van der Waals surface area contributed by atoms with Crippen LogP contribution in [0.3, 0.4) is 0 Å². The quantitative estimate of drug-likeness (QED) is 0.558. The van der Waals surface area contributed by atoms with Crippen molar-refractivity contribution < 1.29 is 23.9 Å². The summed E-state index contributed by atoms with van der Waals surface area (Å²) >= 11 is 0. The maximum Gasteiger partial charge on any atom is 0.335 e. The maximum atomic E-state index is 13.1. The van der Waals surface area contributed by atoms with Crippen LogP contribution in [-0.2, 0) is 16.0 Å². The van der Waals surface area contributed by atoms with E-state index in [0.717, 1.165) is 10.5 Å². The third kappa shape index (κ3) is 4.20. The Hall–Kier alpha value is -3.61. The van der Waals surface area contributed by atoms with Gasteiger partial charge in [0.25, 0.3) is 11.8 Å². The molecule has 156 valence electrons. The number of carbonyl (C=O) groups is 3. The predicted octanol–water partition coefficient (Wildman–Crippen LogP) is 3.71. The molecule has 0 atom stereocenters. The lowest BCUT2D eigenvalue weighted by Crippen LogP contribution is -2.54. The molecule has 1 N–H and O–H groups in total. The molecule has 3 rings (SSSR count). The predicted molar refractivity (Wildman–Crippen MR) is 114 cm³/mol. The Kier molecular flexibility index (Phi) is 6.51. The summed E-state index contributed by atoms with van der Waals surface area (Å²) in [6.07, 6.45) is 2.08. The van der Waals surface area contributed by atoms with Gasteiger partial charge in [0.15, 0.2) is 11.5 Å². The lowest BCUT2D eigenvalue weighted by Gasteiger charge is -2.28. The summed E-state index contributed by atoms with van der Waals surface area (Å²) in [6, 6.07) is 11.5. The summed E-state index contributed by atoms with van der Waals surface area (Å²) in [4.78, 5) is 39.0. The van der Waals surface area contributed by atoms with E-state index >= 15 is 0 Å². The lowest BCUT2D eigenvalue weighted by molar-refractivity contribution is -0.122. The Labute approximate surface area is 175 Å². The first-order chi connectivity index (χ1) is 14.5. The fourth-order valence-electron chi connectivity index (χ4n) is 3.23. The molecule has 0 radical (unpaired) electrons. The van der Waals surface area contributed by atoms with Crippen molar-refractivity contribution >= 4 is 29.6 Å². The van der Waals surface area contributed by atoms with Crippen molar-refractivity contribution in [3.05, 3.63) is 59.2 Å². The summed E-state index contributed by atoms with van der Waals surface area (Å²) in [7, 11) is 0. The van der Waals surface area contributed by atoms with E-state index in [1.807, 2.05) is 32.9 Å². The molecule has 1 aliphatic rings. The molecule has 0 aliphatic carbocycles. The van der Waals surface area contributed by atoms with Crippen molar-refractivity contribution in [2.75, 3.05) is 18.1 Å². The van der Waals surface area contributed by atoms with Crippen LogP contribution in [0.2, 0.25) is 0 Å². The molecule has 7 heteroatoms. The number of benzene rings is 2. The number of hydrogen-bond donors (Lipinski definition) is 1. The van der Waals surface area contributed by atoms with Crippen LogP contribution in [-0.4, -0.2) is 31.1 Å². The van der Waals surface area contributed by atoms with Crippen LogP contribution in [0.4, 0.5) is 10.5 Å². The van der Waals surface area contributed by atoms with Crippen molar-refractivity contribution in [2.45, 2.75) is 27.2 Å². The zero-order chi connectivity index (χ0) is 21.7. The first-order valence-corrected chi connectivity index (χ1v) is 9.89. The minimum atomic E-state index is -0.759. The molecule has 0 spiro atoms. The summed E-state index contributed by atoms with van der Waals surface area (Å²) in [6.45, 7) is 6.58.